The third kappa shape index (κ3) is 4.90. The molecule has 0 aliphatic heterocycles. The van der Waals surface area contributed by atoms with E-state index < -0.39 is 10.8 Å². The van der Waals surface area contributed by atoms with Crippen molar-refractivity contribution in [1.82, 2.24) is 15.1 Å². The molecule has 0 amide bonds. The van der Waals surface area contributed by atoms with Gasteiger partial charge in [0.2, 0.25) is 0 Å². The van der Waals surface area contributed by atoms with E-state index in [2.05, 4.69) is 30.3 Å². The van der Waals surface area contributed by atoms with Crippen molar-refractivity contribution in [3.63, 3.8) is 0 Å². The summed E-state index contributed by atoms with van der Waals surface area (Å²) >= 11 is 0. The second-order valence-electron chi connectivity index (χ2n) is 4.82. The summed E-state index contributed by atoms with van der Waals surface area (Å²) in [4.78, 5) is 0. The average molecular weight is 271 g/mol. The lowest BCUT2D eigenvalue weighted by molar-refractivity contribution is 0.471. The molecule has 1 heterocycles. The highest BCUT2D eigenvalue weighted by atomic mass is 32.2. The minimum Gasteiger partial charge on any atom is -0.311 e. The Kier molecular flexibility index (Phi) is 6.57. The first-order valence-electron chi connectivity index (χ1n) is 6.61. The molecular formula is C13H25N3OS. The van der Waals surface area contributed by atoms with Gasteiger partial charge in [-0.1, -0.05) is 13.8 Å². The Morgan fingerprint density at radius 3 is 2.83 bits per heavy atom. The van der Waals surface area contributed by atoms with Gasteiger partial charge in [0, 0.05) is 41.1 Å². The molecule has 18 heavy (non-hydrogen) atoms. The van der Waals surface area contributed by atoms with Gasteiger partial charge in [-0.2, -0.15) is 5.10 Å². The normalized spacial score (nSPS) is 16.4. The molecule has 0 saturated heterocycles. The molecule has 1 aromatic rings. The minimum atomic E-state index is -0.721. The van der Waals surface area contributed by atoms with Crippen LogP contribution in [0, 0.1) is 0 Å². The quantitative estimate of drug-likeness (QED) is 0.737. The van der Waals surface area contributed by atoms with Crippen molar-refractivity contribution in [2.45, 2.75) is 51.4 Å². The predicted octanol–water partition coefficient (Wildman–Crippen LogP) is 2.10. The van der Waals surface area contributed by atoms with E-state index in [1.165, 1.54) is 0 Å². The first-order valence-corrected chi connectivity index (χ1v) is 8.23. The minimum absolute atomic E-state index is 0.259. The molecule has 3 atom stereocenters. The van der Waals surface area contributed by atoms with Crippen LogP contribution in [0.25, 0.3) is 0 Å². The maximum atomic E-state index is 11.2. The molecule has 0 aliphatic rings. The average Bonchev–Trinajstić information content (AvgIpc) is 2.81. The van der Waals surface area contributed by atoms with Gasteiger partial charge >= 0.3 is 0 Å². The number of hydrogen-bond donors (Lipinski definition) is 1. The number of aromatic nitrogens is 2. The Morgan fingerprint density at radius 2 is 2.22 bits per heavy atom. The highest BCUT2D eigenvalue weighted by Gasteiger charge is 2.06. The Morgan fingerprint density at radius 1 is 1.50 bits per heavy atom. The summed E-state index contributed by atoms with van der Waals surface area (Å²) in [6.45, 7) is 8.03. The van der Waals surface area contributed by atoms with Crippen LogP contribution in [0.1, 0.15) is 45.3 Å². The van der Waals surface area contributed by atoms with Gasteiger partial charge in [0.05, 0.1) is 5.69 Å². The van der Waals surface area contributed by atoms with E-state index in [9.17, 15) is 4.21 Å². The number of hydrogen-bond acceptors (Lipinski definition) is 3. The summed E-state index contributed by atoms with van der Waals surface area (Å²) < 4.78 is 13.2. The highest BCUT2D eigenvalue weighted by molar-refractivity contribution is 7.84. The van der Waals surface area contributed by atoms with E-state index in [1.807, 2.05) is 17.8 Å². The maximum Gasteiger partial charge on any atom is 0.0762 e. The molecule has 3 unspecified atom stereocenters. The van der Waals surface area contributed by atoms with Crippen molar-refractivity contribution < 1.29 is 4.21 Å². The van der Waals surface area contributed by atoms with Crippen molar-refractivity contribution in [2.75, 3.05) is 12.8 Å². The zero-order chi connectivity index (χ0) is 13.5. The third-order valence-corrected chi connectivity index (χ3v) is 4.68. The lowest BCUT2D eigenvalue weighted by Gasteiger charge is -2.09. The Labute approximate surface area is 113 Å². The summed E-state index contributed by atoms with van der Waals surface area (Å²) in [7, 11) is -0.721. The van der Waals surface area contributed by atoms with E-state index in [1.54, 1.807) is 6.26 Å². The van der Waals surface area contributed by atoms with E-state index in [4.69, 9.17) is 0 Å². The van der Waals surface area contributed by atoms with Crippen LogP contribution in [-0.4, -0.2) is 32.0 Å². The third-order valence-electron chi connectivity index (χ3n) is 3.31. The molecule has 1 rings (SSSR count). The molecule has 0 aromatic carbocycles. The van der Waals surface area contributed by atoms with E-state index in [-0.39, 0.29) is 5.25 Å². The van der Waals surface area contributed by atoms with Crippen LogP contribution < -0.4 is 5.32 Å². The number of nitrogens with zero attached hydrogens (tertiary/aromatic N) is 2. The molecule has 1 N–H and O–H groups in total. The van der Waals surface area contributed by atoms with Crippen molar-refractivity contribution in [2.24, 2.45) is 0 Å². The van der Waals surface area contributed by atoms with Crippen LogP contribution >= 0.6 is 0 Å². The standard InChI is InChI=1S/C13H25N3OS/c1-5-11(2)16-9-7-13(15-16)10-14-8-6-12(3)18(4)17/h7,9,11-12,14H,5-6,8,10H2,1-4H3. The molecule has 0 spiro atoms. The summed E-state index contributed by atoms with van der Waals surface area (Å²) in [5.74, 6) is 0. The van der Waals surface area contributed by atoms with Crippen LogP contribution in [-0.2, 0) is 17.3 Å². The Bertz CT molecular complexity index is 378. The lowest BCUT2D eigenvalue weighted by Crippen LogP contribution is -2.21. The Hall–Kier alpha value is -0.680. The van der Waals surface area contributed by atoms with Crippen LogP contribution in [0.4, 0.5) is 0 Å². The smallest absolute Gasteiger partial charge is 0.0762 e. The summed E-state index contributed by atoms with van der Waals surface area (Å²) in [5.41, 5.74) is 1.07. The van der Waals surface area contributed by atoms with E-state index in [0.29, 0.717) is 6.04 Å². The zero-order valence-corrected chi connectivity index (χ0v) is 12.7. The van der Waals surface area contributed by atoms with Crippen LogP contribution in [0.5, 0.6) is 0 Å². The number of rotatable bonds is 8. The second kappa shape index (κ2) is 7.69. The summed E-state index contributed by atoms with van der Waals surface area (Å²) in [6.07, 6.45) is 5.83. The second-order valence-corrected chi connectivity index (χ2v) is 6.62. The molecule has 4 nitrogen and oxygen atoms in total. The Balaban J connectivity index is 2.27. The van der Waals surface area contributed by atoms with Gasteiger partial charge < -0.3 is 5.32 Å². The largest absolute Gasteiger partial charge is 0.311 e. The monoisotopic (exact) mass is 271 g/mol. The van der Waals surface area contributed by atoms with E-state index >= 15 is 0 Å². The van der Waals surface area contributed by atoms with Crippen molar-refractivity contribution in [3.8, 4) is 0 Å². The van der Waals surface area contributed by atoms with Crippen molar-refractivity contribution >= 4 is 10.8 Å². The first-order chi connectivity index (χ1) is 8.54. The van der Waals surface area contributed by atoms with Gasteiger partial charge in [0.15, 0.2) is 0 Å². The fourth-order valence-electron chi connectivity index (χ4n) is 1.59. The number of nitrogens with one attached hydrogen (secondary N) is 1. The van der Waals surface area contributed by atoms with Gasteiger partial charge in [-0.25, -0.2) is 0 Å². The molecule has 0 radical (unpaired) electrons. The SMILES string of the molecule is CCC(C)n1ccc(CNCCC(C)S(C)=O)n1. The first kappa shape index (κ1) is 15.4. The van der Waals surface area contributed by atoms with Crippen LogP contribution in [0.15, 0.2) is 12.3 Å². The van der Waals surface area contributed by atoms with Crippen LogP contribution in [0.2, 0.25) is 0 Å². The molecule has 0 bridgehead atoms. The molecule has 0 saturated carbocycles. The summed E-state index contributed by atoms with van der Waals surface area (Å²) in [5, 5.41) is 8.13. The fourth-order valence-corrected chi connectivity index (χ4v) is 2.04. The lowest BCUT2D eigenvalue weighted by atomic mass is 10.3. The molecule has 1 aromatic heterocycles. The van der Waals surface area contributed by atoms with Gasteiger partial charge in [0.1, 0.15) is 0 Å². The van der Waals surface area contributed by atoms with Gasteiger partial charge in [-0.05, 0) is 32.4 Å². The molecule has 5 heteroatoms. The summed E-state index contributed by atoms with van der Waals surface area (Å²) in [6, 6.07) is 2.52. The maximum absolute atomic E-state index is 11.2. The van der Waals surface area contributed by atoms with Gasteiger partial charge in [-0.15, -0.1) is 0 Å². The fraction of sp³-hybridized carbons (Fsp3) is 0.769. The highest BCUT2D eigenvalue weighted by Crippen LogP contribution is 2.09. The van der Waals surface area contributed by atoms with E-state index in [0.717, 1.165) is 31.6 Å². The van der Waals surface area contributed by atoms with Gasteiger partial charge in [-0.3, -0.25) is 8.89 Å². The molecule has 0 aliphatic carbocycles. The van der Waals surface area contributed by atoms with Crippen molar-refractivity contribution in [3.05, 3.63) is 18.0 Å². The molecular weight excluding hydrogens is 246 g/mol. The molecule has 104 valence electrons. The molecule has 0 fully saturated rings. The van der Waals surface area contributed by atoms with Crippen LogP contribution in [0.3, 0.4) is 0 Å². The predicted molar refractivity (Wildman–Crippen MR) is 77.1 cm³/mol. The van der Waals surface area contributed by atoms with Gasteiger partial charge in [0.25, 0.3) is 0 Å². The zero-order valence-electron chi connectivity index (χ0n) is 11.8. The van der Waals surface area contributed by atoms with Crippen molar-refractivity contribution in [1.29, 1.82) is 0 Å². The topological polar surface area (TPSA) is 46.9 Å².